The number of carbonyl (C=O) groups is 1. The highest BCUT2D eigenvalue weighted by molar-refractivity contribution is 6.30. The summed E-state index contributed by atoms with van der Waals surface area (Å²) < 4.78 is 23.7. The van der Waals surface area contributed by atoms with E-state index in [1.165, 1.54) is 6.08 Å². The Balaban J connectivity index is 1.75. The number of ether oxygens (including phenoxy) is 2. The van der Waals surface area contributed by atoms with Crippen molar-refractivity contribution >= 4 is 29.3 Å². The molecule has 0 saturated heterocycles. The number of carbonyl (C=O) groups excluding carboxylic acids is 1. The fraction of sp³-hybridized carbons (Fsp3) is 0.0556. The van der Waals surface area contributed by atoms with Gasteiger partial charge in [-0.3, -0.25) is 10.1 Å². The molecule has 0 aliphatic carbocycles. The monoisotopic (exact) mass is 375 g/mol. The van der Waals surface area contributed by atoms with Crippen molar-refractivity contribution in [2.45, 2.75) is 0 Å². The van der Waals surface area contributed by atoms with Crippen LogP contribution in [0.25, 0.3) is 6.08 Å². The van der Waals surface area contributed by atoms with E-state index in [1.807, 2.05) is 0 Å². The smallest absolute Gasteiger partial charge is 0.336 e. The fourth-order valence-electron chi connectivity index (χ4n) is 2.30. The van der Waals surface area contributed by atoms with Crippen molar-refractivity contribution in [2.75, 3.05) is 6.61 Å². The van der Waals surface area contributed by atoms with Crippen molar-refractivity contribution < 1.29 is 23.6 Å². The average molecular weight is 376 g/mol. The molecule has 0 saturated carbocycles. The first-order valence-electron chi connectivity index (χ1n) is 7.39. The molecule has 0 aromatic heterocycles. The lowest BCUT2D eigenvalue weighted by molar-refractivity contribution is -0.385. The second-order valence-electron chi connectivity index (χ2n) is 5.31. The molecular formula is C18H11ClFNO5. The number of esters is 1. The van der Waals surface area contributed by atoms with Crippen LogP contribution in [-0.4, -0.2) is 17.5 Å². The minimum atomic E-state index is -0.878. The second kappa shape index (κ2) is 7.37. The van der Waals surface area contributed by atoms with Crippen LogP contribution in [0.15, 0.2) is 54.1 Å². The van der Waals surface area contributed by atoms with Gasteiger partial charge in [-0.1, -0.05) is 11.6 Å². The Labute approximate surface area is 152 Å². The maximum absolute atomic E-state index is 13.2. The lowest BCUT2D eigenvalue weighted by Gasteiger charge is -2.16. The Hall–Kier alpha value is -3.19. The average Bonchev–Trinajstić information content (AvgIpc) is 2.59. The number of halogens is 2. The fourth-order valence-corrected chi connectivity index (χ4v) is 2.48. The molecule has 1 aliphatic heterocycles. The summed E-state index contributed by atoms with van der Waals surface area (Å²) in [6.45, 7) is 0.235. The van der Waals surface area contributed by atoms with Crippen molar-refractivity contribution in [1.29, 1.82) is 0 Å². The highest BCUT2D eigenvalue weighted by atomic mass is 35.5. The number of fused-ring (bicyclic) bond motifs is 1. The minimum Gasteiger partial charge on any atom is -0.488 e. The van der Waals surface area contributed by atoms with Crippen molar-refractivity contribution in [2.24, 2.45) is 0 Å². The predicted octanol–water partition coefficient (Wildman–Crippen LogP) is 4.32. The Morgan fingerprint density at radius 2 is 2.12 bits per heavy atom. The van der Waals surface area contributed by atoms with E-state index in [1.54, 1.807) is 24.3 Å². The third-order valence-electron chi connectivity index (χ3n) is 3.47. The molecule has 0 amide bonds. The summed E-state index contributed by atoms with van der Waals surface area (Å²) in [7, 11) is 0. The van der Waals surface area contributed by atoms with Gasteiger partial charge in [-0.05, 0) is 42.0 Å². The van der Waals surface area contributed by atoms with E-state index in [-0.39, 0.29) is 6.61 Å². The maximum atomic E-state index is 13.2. The highest BCUT2D eigenvalue weighted by Gasteiger charge is 2.18. The van der Waals surface area contributed by atoms with Crippen LogP contribution in [0.4, 0.5) is 10.1 Å². The third kappa shape index (κ3) is 4.07. The van der Waals surface area contributed by atoms with Gasteiger partial charge in [0, 0.05) is 28.8 Å². The van der Waals surface area contributed by atoms with Crippen LogP contribution in [0, 0.1) is 15.9 Å². The van der Waals surface area contributed by atoms with Gasteiger partial charge in [-0.25, -0.2) is 9.18 Å². The molecule has 0 atom stereocenters. The third-order valence-corrected chi connectivity index (χ3v) is 3.70. The van der Waals surface area contributed by atoms with Gasteiger partial charge in [0.05, 0.1) is 4.92 Å². The van der Waals surface area contributed by atoms with Gasteiger partial charge >= 0.3 is 11.7 Å². The zero-order valence-electron chi connectivity index (χ0n) is 13.1. The Bertz CT molecular complexity index is 955. The molecule has 0 radical (unpaired) electrons. The van der Waals surface area contributed by atoms with Crippen molar-refractivity contribution in [1.82, 2.24) is 0 Å². The number of nitro groups is 1. The van der Waals surface area contributed by atoms with Gasteiger partial charge in [-0.15, -0.1) is 0 Å². The van der Waals surface area contributed by atoms with E-state index in [2.05, 4.69) is 0 Å². The van der Waals surface area contributed by atoms with Crippen LogP contribution >= 0.6 is 11.6 Å². The van der Waals surface area contributed by atoms with Crippen LogP contribution < -0.4 is 9.47 Å². The van der Waals surface area contributed by atoms with E-state index < -0.39 is 28.1 Å². The molecular weight excluding hydrogens is 365 g/mol. The van der Waals surface area contributed by atoms with Gasteiger partial charge in [0.1, 0.15) is 18.2 Å². The summed E-state index contributed by atoms with van der Waals surface area (Å²) in [4.78, 5) is 22.0. The van der Waals surface area contributed by atoms with E-state index in [9.17, 15) is 19.3 Å². The standard InChI is InChI=1S/C18H11ClFNO5/c19-13-2-5-16-12(8-13)7-11(10-25-16)1-6-18(22)26-17-9-14(20)3-4-15(17)21(23)24/h1-9H,10H2/b6-1+. The molecule has 1 aliphatic rings. The van der Waals surface area contributed by atoms with Crippen molar-refractivity contribution in [3.05, 3.63) is 80.6 Å². The first-order valence-corrected chi connectivity index (χ1v) is 7.77. The molecule has 26 heavy (non-hydrogen) atoms. The van der Waals surface area contributed by atoms with Crippen molar-refractivity contribution in [3.63, 3.8) is 0 Å². The molecule has 2 aromatic rings. The SMILES string of the molecule is O=C(/C=C/C1=Cc2cc(Cl)ccc2OC1)Oc1cc(F)ccc1[N+](=O)[O-]. The van der Waals surface area contributed by atoms with E-state index in [4.69, 9.17) is 21.1 Å². The summed E-state index contributed by atoms with van der Waals surface area (Å²) in [5.74, 6) is -1.42. The van der Waals surface area contributed by atoms with E-state index in [0.717, 1.165) is 29.8 Å². The predicted molar refractivity (Wildman–Crippen MR) is 92.8 cm³/mol. The van der Waals surface area contributed by atoms with Crippen LogP contribution in [0.3, 0.4) is 0 Å². The number of benzene rings is 2. The van der Waals surface area contributed by atoms with Gasteiger partial charge < -0.3 is 9.47 Å². The summed E-state index contributed by atoms with van der Waals surface area (Å²) in [5, 5.41) is 11.4. The Morgan fingerprint density at radius 1 is 1.31 bits per heavy atom. The molecule has 0 unspecified atom stereocenters. The number of nitro benzene ring substituents is 1. The highest BCUT2D eigenvalue weighted by Crippen LogP contribution is 2.30. The number of nitrogens with zero attached hydrogens (tertiary/aromatic N) is 1. The lowest BCUT2D eigenvalue weighted by atomic mass is 10.1. The largest absolute Gasteiger partial charge is 0.488 e. The number of hydrogen-bond acceptors (Lipinski definition) is 5. The number of hydrogen-bond donors (Lipinski definition) is 0. The molecule has 2 aromatic carbocycles. The molecule has 0 bridgehead atoms. The van der Waals surface area contributed by atoms with Crippen LogP contribution in [0.5, 0.6) is 11.5 Å². The summed E-state index contributed by atoms with van der Waals surface area (Å²) in [6, 6.07) is 7.80. The molecule has 8 heteroatoms. The minimum absolute atomic E-state index is 0.235. The molecule has 0 spiro atoms. The van der Waals surface area contributed by atoms with Crippen LogP contribution in [-0.2, 0) is 4.79 Å². The van der Waals surface area contributed by atoms with Gasteiger partial charge in [-0.2, -0.15) is 0 Å². The summed E-state index contributed by atoms with van der Waals surface area (Å²) in [5.41, 5.74) is 0.930. The van der Waals surface area contributed by atoms with Crippen LogP contribution in [0.1, 0.15) is 5.56 Å². The lowest BCUT2D eigenvalue weighted by Crippen LogP contribution is -2.08. The first-order chi connectivity index (χ1) is 12.4. The Morgan fingerprint density at radius 3 is 2.88 bits per heavy atom. The molecule has 3 rings (SSSR count). The van der Waals surface area contributed by atoms with Crippen LogP contribution in [0.2, 0.25) is 5.02 Å². The Kier molecular flexibility index (Phi) is 4.99. The molecule has 1 heterocycles. The van der Waals surface area contributed by atoms with Gasteiger partial charge in [0.2, 0.25) is 5.75 Å². The quantitative estimate of drug-likeness (QED) is 0.261. The topological polar surface area (TPSA) is 78.7 Å². The number of rotatable bonds is 4. The first kappa shape index (κ1) is 17.6. The zero-order valence-corrected chi connectivity index (χ0v) is 13.9. The molecule has 0 fully saturated rings. The zero-order chi connectivity index (χ0) is 18.7. The van der Waals surface area contributed by atoms with Gasteiger partial charge in [0.15, 0.2) is 0 Å². The van der Waals surface area contributed by atoms with Crippen molar-refractivity contribution in [3.8, 4) is 11.5 Å². The van der Waals surface area contributed by atoms with E-state index >= 15 is 0 Å². The maximum Gasteiger partial charge on any atom is 0.336 e. The normalized spacial score (nSPS) is 12.9. The second-order valence-corrected chi connectivity index (χ2v) is 5.75. The molecule has 132 valence electrons. The summed E-state index contributed by atoms with van der Waals surface area (Å²) in [6.07, 6.45) is 4.33. The molecule has 0 N–H and O–H groups in total. The summed E-state index contributed by atoms with van der Waals surface area (Å²) >= 11 is 5.93. The van der Waals surface area contributed by atoms with Gasteiger partial charge in [0.25, 0.3) is 0 Å². The van der Waals surface area contributed by atoms with E-state index in [0.29, 0.717) is 16.3 Å². The molecule has 6 nitrogen and oxygen atoms in total.